The van der Waals surface area contributed by atoms with Crippen molar-refractivity contribution in [2.45, 2.75) is 76.3 Å². The van der Waals surface area contributed by atoms with E-state index in [9.17, 15) is 14.4 Å². The first-order chi connectivity index (χ1) is 21.0. The van der Waals surface area contributed by atoms with E-state index in [1.165, 1.54) is 17.7 Å². The molecule has 9 nitrogen and oxygen atoms in total. The third-order valence-electron chi connectivity index (χ3n) is 9.56. The summed E-state index contributed by atoms with van der Waals surface area (Å²) in [6, 6.07) is 9.17. The predicted octanol–water partition coefficient (Wildman–Crippen LogP) is 3.64. The molecule has 1 aromatic carbocycles. The van der Waals surface area contributed by atoms with Crippen molar-refractivity contribution in [2.24, 2.45) is 11.3 Å². The zero-order valence-corrected chi connectivity index (χ0v) is 25.6. The molecule has 2 fully saturated rings. The largest absolute Gasteiger partial charge is 0.381 e. The van der Waals surface area contributed by atoms with Crippen LogP contribution in [0.1, 0.15) is 61.1 Å². The predicted molar refractivity (Wildman–Crippen MR) is 167 cm³/mol. The number of amides is 3. The van der Waals surface area contributed by atoms with Gasteiger partial charge in [-0.05, 0) is 69.3 Å². The van der Waals surface area contributed by atoms with E-state index in [1.54, 1.807) is 11.3 Å². The van der Waals surface area contributed by atoms with E-state index in [-0.39, 0.29) is 29.7 Å². The van der Waals surface area contributed by atoms with E-state index in [4.69, 9.17) is 4.74 Å². The lowest BCUT2D eigenvalue weighted by molar-refractivity contribution is -0.140. The average Bonchev–Trinajstić information content (AvgIpc) is 3.42. The molecule has 2 saturated heterocycles. The highest BCUT2D eigenvalue weighted by atomic mass is 32.1. The number of carbonyl (C=O) groups is 3. The van der Waals surface area contributed by atoms with E-state index in [0.717, 1.165) is 36.9 Å². The minimum absolute atomic E-state index is 0.0335. The molecular weight excluding hydrogens is 562 g/mol. The zero-order valence-electron chi connectivity index (χ0n) is 24.8. The van der Waals surface area contributed by atoms with Crippen LogP contribution in [-0.2, 0) is 38.4 Å². The smallest absolute Gasteiger partial charge is 0.243 e. The van der Waals surface area contributed by atoms with Crippen LogP contribution in [0.25, 0.3) is 0 Å². The van der Waals surface area contributed by atoms with E-state index in [0.29, 0.717) is 63.7 Å². The van der Waals surface area contributed by atoms with E-state index in [2.05, 4.69) is 38.0 Å². The number of nitrogens with zero attached hydrogens (tertiary/aromatic N) is 2. The van der Waals surface area contributed by atoms with Crippen LogP contribution in [0.4, 0.5) is 5.13 Å². The molecule has 1 aliphatic carbocycles. The molecule has 1 aromatic heterocycles. The van der Waals surface area contributed by atoms with E-state index in [1.807, 2.05) is 30.3 Å². The number of carbonyl (C=O) groups excluding carboxylic acids is 3. The van der Waals surface area contributed by atoms with Gasteiger partial charge in [-0.3, -0.25) is 19.3 Å². The summed E-state index contributed by atoms with van der Waals surface area (Å²) >= 11 is 1.61. The summed E-state index contributed by atoms with van der Waals surface area (Å²) in [6.45, 7) is 2.82. The Hall–Kier alpha value is -3.08. The molecule has 6 rings (SSSR count). The number of piperidine rings is 1. The normalized spacial score (nSPS) is 27.0. The van der Waals surface area contributed by atoms with Gasteiger partial charge in [0.05, 0.1) is 17.7 Å². The molecule has 3 aliphatic heterocycles. The second kappa shape index (κ2) is 13.7. The van der Waals surface area contributed by atoms with E-state index >= 15 is 0 Å². The van der Waals surface area contributed by atoms with Gasteiger partial charge in [0.2, 0.25) is 17.7 Å². The molecule has 2 aromatic rings. The van der Waals surface area contributed by atoms with Gasteiger partial charge in [0.15, 0.2) is 5.13 Å². The third kappa shape index (κ3) is 7.36. The van der Waals surface area contributed by atoms with E-state index < -0.39 is 11.5 Å². The Bertz CT molecular complexity index is 1300. The maximum absolute atomic E-state index is 13.8. The number of allylic oxidation sites excluding steroid dienone is 2. The number of hydrogen-bond acceptors (Lipinski definition) is 7. The third-order valence-corrected chi connectivity index (χ3v) is 10.6. The minimum Gasteiger partial charge on any atom is -0.381 e. The molecule has 230 valence electrons. The Balaban J connectivity index is 1.15. The van der Waals surface area contributed by atoms with Crippen molar-refractivity contribution >= 4 is 34.2 Å². The lowest BCUT2D eigenvalue weighted by Gasteiger charge is -2.40. The van der Waals surface area contributed by atoms with Crippen molar-refractivity contribution in [1.29, 1.82) is 0 Å². The van der Waals surface area contributed by atoms with Gasteiger partial charge in [-0.1, -0.05) is 42.5 Å². The van der Waals surface area contributed by atoms with Crippen LogP contribution < -0.4 is 16.0 Å². The van der Waals surface area contributed by atoms with Crippen molar-refractivity contribution in [3.63, 3.8) is 0 Å². The molecule has 0 radical (unpaired) electrons. The van der Waals surface area contributed by atoms with Crippen LogP contribution in [0, 0.1) is 11.3 Å². The summed E-state index contributed by atoms with van der Waals surface area (Å²) in [6.07, 6.45) is 12.6. The van der Waals surface area contributed by atoms with Gasteiger partial charge >= 0.3 is 0 Å². The Morgan fingerprint density at radius 2 is 1.91 bits per heavy atom. The van der Waals surface area contributed by atoms with Crippen molar-refractivity contribution in [3.05, 3.63) is 58.6 Å². The monoisotopic (exact) mass is 605 g/mol. The highest BCUT2D eigenvalue weighted by Crippen LogP contribution is 2.36. The number of benzene rings is 1. The summed E-state index contributed by atoms with van der Waals surface area (Å²) in [4.78, 5) is 48.7. The molecular formula is C33H43N5O4S. The highest BCUT2D eigenvalue weighted by Gasteiger charge is 2.41. The van der Waals surface area contributed by atoms with Crippen LogP contribution in [0.5, 0.6) is 0 Å². The molecule has 0 saturated carbocycles. The maximum atomic E-state index is 13.8. The standard InChI is InChI=1S/C33H43N5O4S/c39-29(37-32-36-26-11-4-5-12-28(26)43-32)22-38-17-13-25-24(21-38)10-6-7-14-33(15-18-42-19-16-33)31(41)35-27(30(40)34-25)20-23-8-2-1-3-9-23/h1-3,6-9,24-25,27H,4-5,10-22H2,(H,34,40)(H,35,41)(H,36,37,39)/b7-6+/t24-,25+,27-/m0/s1. The van der Waals surface area contributed by atoms with Crippen molar-refractivity contribution in [3.8, 4) is 0 Å². The Kier molecular flexibility index (Phi) is 9.55. The highest BCUT2D eigenvalue weighted by molar-refractivity contribution is 7.15. The second-order valence-corrected chi connectivity index (χ2v) is 13.6. The number of aromatic nitrogens is 1. The topological polar surface area (TPSA) is 113 Å². The first-order valence-electron chi connectivity index (χ1n) is 15.9. The van der Waals surface area contributed by atoms with Gasteiger partial charge in [-0.15, -0.1) is 11.3 Å². The molecule has 4 aliphatic rings. The molecule has 1 spiro atoms. The molecule has 10 heteroatoms. The number of thiazole rings is 1. The Labute approximate surface area is 257 Å². The number of ether oxygens (including phenoxy) is 1. The lowest BCUT2D eigenvalue weighted by atomic mass is 9.75. The fraction of sp³-hybridized carbons (Fsp3) is 0.576. The number of fused-ring (bicyclic) bond motifs is 2. The van der Waals surface area contributed by atoms with Gasteiger partial charge < -0.3 is 20.7 Å². The van der Waals surface area contributed by atoms with Crippen LogP contribution in [0.15, 0.2) is 42.5 Å². The Morgan fingerprint density at radius 3 is 2.72 bits per heavy atom. The zero-order chi connectivity index (χ0) is 29.6. The molecule has 3 atom stereocenters. The summed E-state index contributed by atoms with van der Waals surface area (Å²) in [5, 5.41) is 10.2. The first kappa shape index (κ1) is 30.0. The second-order valence-electron chi connectivity index (χ2n) is 12.6. The summed E-state index contributed by atoms with van der Waals surface area (Å²) in [5.41, 5.74) is 1.58. The molecule has 43 heavy (non-hydrogen) atoms. The van der Waals surface area contributed by atoms with Crippen LogP contribution >= 0.6 is 11.3 Å². The summed E-state index contributed by atoms with van der Waals surface area (Å²) < 4.78 is 5.61. The lowest BCUT2D eigenvalue weighted by Crippen LogP contribution is -2.58. The van der Waals surface area contributed by atoms with Crippen molar-refractivity contribution in [1.82, 2.24) is 20.5 Å². The number of nitrogens with one attached hydrogen (secondary N) is 3. The Morgan fingerprint density at radius 1 is 1.09 bits per heavy atom. The van der Waals surface area contributed by atoms with Gasteiger partial charge in [0, 0.05) is 43.6 Å². The molecule has 0 unspecified atom stereocenters. The fourth-order valence-corrected chi connectivity index (χ4v) is 8.03. The van der Waals surface area contributed by atoms with Crippen LogP contribution in [0.3, 0.4) is 0 Å². The van der Waals surface area contributed by atoms with Crippen LogP contribution in [-0.4, -0.2) is 72.5 Å². The summed E-state index contributed by atoms with van der Waals surface area (Å²) in [7, 11) is 0. The molecule has 3 amide bonds. The van der Waals surface area contributed by atoms with Crippen molar-refractivity contribution < 1.29 is 19.1 Å². The maximum Gasteiger partial charge on any atom is 0.243 e. The fourth-order valence-electron chi connectivity index (χ4n) is 6.97. The van der Waals surface area contributed by atoms with Crippen molar-refractivity contribution in [2.75, 3.05) is 38.2 Å². The minimum atomic E-state index is -0.661. The van der Waals surface area contributed by atoms with Gasteiger partial charge in [-0.2, -0.15) is 0 Å². The number of hydrogen-bond donors (Lipinski definition) is 3. The molecule has 3 N–H and O–H groups in total. The number of rotatable bonds is 5. The van der Waals surface area contributed by atoms with Crippen LogP contribution in [0.2, 0.25) is 0 Å². The average molecular weight is 606 g/mol. The number of likely N-dealkylation sites (tertiary alicyclic amines) is 1. The summed E-state index contributed by atoms with van der Waals surface area (Å²) in [5.74, 6) is -0.0788. The first-order valence-corrected chi connectivity index (χ1v) is 16.7. The SMILES string of the molecule is O=C(CN1CC[C@H]2NC(=O)[C@H](Cc3ccccc3)NC(=O)C3(C/C=C/C[C@H]2C1)CCOCC3)Nc1nc2c(s1)CCCC2. The van der Waals surface area contributed by atoms with Gasteiger partial charge in [0.1, 0.15) is 6.04 Å². The molecule has 0 bridgehead atoms. The van der Waals surface area contributed by atoms with Gasteiger partial charge in [0.25, 0.3) is 0 Å². The molecule has 4 heterocycles. The van der Waals surface area contributed by atoms with Gasteiger partial charge in [-0.25, -0.2) is 4.98 Å². The number of anilines is 1. The number of aryl methyl sites for hydroxylation is 2. The quantitative estimate of drug-likeness (QED) is 0.449.